The van der Waals surface area contributed by atoms with Crippen molar-refractivity contribution in [2.45, 2.75) is 25.6 Å². The number of nitrogens with one attached hydrogen (secondary N) is 3. The molecule has 1 aliphatic heterocycles. The molecule has 1 aromatic heterocycles. The quantitative estimate of drug-likeness (QED) is 0.478. The van der Waals surface area contributed by atoms with E-state index in [1.807, 2.05) is 0 Å². The molecule has 9 nitrogen and oxygen atoms in total. The first-order chi connectivity index (χ1) is 15.9. The molecule has 2 heterocycles. The third kappa shape index (κ3) is 5.91. The van der Waals surface area contributed by atoms with E-state index in [4.69, 9.17) is 0 Å². The summed E-state index contributed by atoms with van der Waals surface area (Å²) in [5.74, 6) is -1.17. The van der Waals surface area contributed by atoms with Crippen LogP contribution in [0.2, 0.25) is 0 Å². The second-order valence-corrected chi connectivity index (χ2v) is 9.40. The lowest BCUT2D eigenvalue weighted by Gasteiger charge is -2.19. The third-order valence-corrected chi connectivity index (χ3v) is 6.49. The largest absolute Gasteiger partial charge is 0.421 e. The first kappa shape index (κ1) is 25.2. The van der Waals surface area contributed by atoms with Crippen LogP contribution in [0.5, 0.6) is 0 Å². The number of sulfonamides is 1. The second kappa shape index (κ2) is 9.81. The number of benzene rings is 1. The van der Waals surface area contributed by atoms with Gasteiger partial charge in [0.05, 0.1) is 11.4 Å². The van der Waals surface area contributed by atoms with Crippen LogP contribution in [0.1, 0.15) is 17.5 Å². The van der Waals surface area contributed by atoms with Crippen molar-refractivity contribution in [3.8, 4) is 0 Å². The maximum absolute atomic E-state index is 13.6. The Hall–Kier alpha value is -3.45. The number of halogens is 3. The van der Waals surface area contributed by atoms with Gasteiger partial charge < -0.3 is 16.0 Å². The minimum atomic E-state index is -4.75. The number of aromatic nitrogens is 2. The normalized spacial score (nSPS) is 16.6. The van der Waals surface area contributed by atoms with Gasteiger partial charge in [-0.2, -0.15) is 22.5 Å². The molecule has 182 valence electrons. The number of carbonyl (C=O) groups excluding carboxylic acids is 1. The van der Waals surface area contributed by atoms with Crippen LogP contribution in [0.3, 0.4) is 0 Å². The first-order valence-electron chi connectivity index (χ1n) is 10.1. The lowest BCUT2D eigenvalue weighted by Crippen LogP contribution is -2.30. The zero-order valence-electron chi connectivity index (χ0n) is 18.2. The van der Waals surface area contributed by atoms with Crippen LogP contribution < -0.4 is 16.0 Å². The maximum atomic E-state index is 13.6. The Bertz CT molecular complexity index is 1220. The predicted molar refractivity (Wildman–Crippen MR) is 123 cm³/mol. The summed E-state index contributed by atoms with van der Waals surface area (Å²) in [6, 6.07) is 4.36. The molecule has 3 N–H and O–H groups in total. The van der Waals surface area contributed by atoms with Crippen LogP contribution in [-0.2, 0) is 21.0 Å². The fourth-order valence-corrected chi connectivity index (χ4v) is 4.26. The van der Waals surface area contributed by atoms with Crippen LogP contribution in [0.25, 0.3) is 0 Å². The van der Waals surface area contributed by atoms with E-state index in [2.05, 4.69) is 39.1 Å². The summed E-state index contributed by atoms with van der Waals surface area (Å²) >= 11 is 0. The van der Waals surface area contributed by atoms with Crippen LogP contribution in [0, 0.1) is 6.92 Å². The van der Waals surface area contributed by atoms with Gasteiger partial charge in [0.2, 0.25) is 21.9 Å². The van der Waals surface area contributed by atoms with Crippen molar-refractivity contribution in [3.05, 3.63) is 60.2 Å². The Balaban J connectivity index is 1.90. The Morgan fingerprint density at radius 3 is 2.65 bits per heavy atom. The van der Waals surface area contributed by atoms with Gasteiger partial charge in [-0.25, -0.2) is 13.4 Å². The summed E-state index contributed by atoms with van der Waals surface area (Å²) in [6.45, 7) is 8.74. The molecular formula is C21H23F3N6O3S. The zero-order valence-corrected chi connectivity index (χ0v) is 19.0. The molecule has 13 heteroatoms. The van der Waals surface area contributed by atoms with Crippen molar-refractivity contribution in [2.24, 2.45) is 0 Å². The van der Waals surface area contributed by atoms with Gasteiger partial charge in [0, 0.05) is 30.7 Å². The van der Waals surface area contributed by atoms with Gasteiger partial charge in [-0.15, -0.1) is 0 Å². The molecule has 1 atom stereocenters. The average Bonchev–Trinajstić information content (AvgIpc) is 3.24. The highest BCUT2D eigenvalue weighted by Crippen LogP contribution is 2.36. The number of amides is 1. The lowest BCUT2D eigenvalue weighted by atomic mass is 10.1. The summed E-state index contributed by atoms with van der Waals surface area (Å²) in [5.41, 5.74) is 0.0838. The Morgan fingerprint density at radius 2 is 2.00 bits per heavy atom. The van der Waals surface area contributed by atoms with E-state index in [1.54, 1.807) is 19.1 Å². The highest BCUT2D eigenvalue weighted by atomic mass is 32.2. The standard InChI is InChI=1S/C21H23F3N6O3S/c1-4-18(31)27-17-10-13(3)6-7-16(17)28-19-15(21(22,23)24)11-25-20(29-19)26-14-8-9-30(12-14)34(32,33)5-2/h4-7,10-11,14H,1-2,8-9,12H2,3H3,(H,27,31)(H2,25,26,28,29). The molecule has 1 amide bonds. The van der Waals surface area contributed by atoms with E-state index < -0.39 is 39.5 Å². The molecule has 2 aromatic rings. The number of aryl methyl sites for hydroxylation is 1. The highest BCUT2D eigenvalue weighted by molar-refractivity contribution is 7.92. The Morgan fingerprint density at radius 1 is 1.26 bits per heavy atom. The smallest absolute Gasteiger partial charge is 0.350 e. The van der Waals surface area contributed by atoms with Crippen molar-refractivity contribution < 1.29 is 26.4 Å². The summed E-state index contributed by atoms with van der Waals surface area (Å²) < 4.78 is 66.0. The molecule has 0 bridgehead atoms. The van der Waals surface area contributed by atoms with Crippen LogP contribution >= 0.6 is 0 Å². The number of hydrogen-bond donors (Lipinski definition) is 3. The zero-order chi connectivity index (χ0) is 25.1. The van der Waals surface area contributed by atoms with E-state index in [1.165, 1.54) is 10.4 Å². The molecule has 0 spiro atoms. The molecule has 1 aliphatic rings. The molecule has 3 rings (SSSR count). The van der Waals surface area contributed by atoms with Gasteiger partial charge in [-0.05, 0) is 37.1 Å². The minimum Gasteiger partial charge on any atom is -0.350 e. The van der Waals surface area contributed by atoms with Crippen molar-refractivity contribution in [1.29, 1.82) is 0 Å². The van der Waals surface area contributed by atoms with E-state index in [0.29, 0.717) is 12.6 Å². The molecule has 0 radical (unpaired) electrons. The minimum absolute atomic E-state index is 0.0944. The number of anilines is 4. The van der Waals surface area contributed by atoms with Gasteiger partial charge in [0.15, 0.2) is 0 Å². The fraction of sp³-hybridized carbons (Fsp3) is 0.286. The number of alkyl halides is 3. The molecule has 0 saturated carbocycles. The van der Waals surface area contributed by atoms with Crippen molar-refractivity contribution in [1.82, 2.24) is 14.3 Å². The molecule has 0 aliphatic carbocycles. The van der Waals surface area contributed by atoms with Gasteiger partial charge in [0.1, 0.15) is 11.4 Å². The number of nitrogens with zero attached hydrogens (tertiary/aromatic N) is 3. The molecule has 1 fully saturated rings. The highest BCUT2D eigenvalue weighted by Gasteiger charge is 2.36. The van der Waals surface area contributed by atoms with Gasteiger partial charge in [-0.1, -0.05) is 19.2 Å². The predicted octanol–water partition coefficient (Wildman–Crippen LogP) is 3.63. The van der Waals surface area contributed by atoms with Crippen molar-refractivity contribution >= 4 is 39.1 Å². The molecule has 1 saturated heterocycles. The van der Waals surface area contributed by atoms with Crippen molar-refractivity contribution in [2.75, 3.05) is 29.0 Å². The summed E-state index contributed by atoms with van der Waals surface area (Å²) in [7, 11) is -3.60. The van der Waals surface area contributed by atoms with Crippen LogP contribution in [0.15, 0.2) is 49.0 Å². The van der Waals surface area contributed by atoms with Gasteiger partial charge >= 0.3 is 6.18 Å². The van der Waals surface area contributed by atoms with E-state index in [-0.39, 0.29) is 30.4 Å². The Labute approximate surface area is 194 Å². The van der Waals surface area contributed by atoms with E-state index >= 15 is 0 Å². The van der Waals surface area contributed by atoms with Crippen LogP contribution in [-0.4, -0.2) is 47.7 Å². The number of carbonyl (C=O) groups is 1. The average molecular weight is 497 g/mol. The second-order valence-electron chi connectivity index (χ2n) is 7.52. The first-order valence-corrected chi connectivity index (χ1v) is 11.6. The maximum Gasteiger partial charge on any atom is 0.421 e. The van der Waals surface area contributed by atoms with E-state index in [0.717, 1.165) is 17.0 Å². The molecular weight excluding hydrogens is 473 g/mol. The molecule has 1 aromatic carbocycles. The lowest BCUT2D eigenvalue weighted by molar-refractivity contribution is -0.137. The monoisotopic (exact) mass is 496 g/mol. The summed E-state index contributed by atoms with van der Waals surface area (Å²) in [6.07, 6.45) is -2.66. The van der Waals surface area contributed by atoms with Gasteiger partial charge in [-0.3, -0.25) is 4.79 Å². The summed E-state index contributed by atoms with van der Waals surface area (Å²) in [4.78, 5) is 19.5. The molecule has 34 heavy (non-hydrogen) atoms. The summed E-state index contributed by atoms with van der Waals surface area (Å²) in [5, 5.41) is 8.91. The fourth-order valence-electron chi connectivity index (χ4n) is 3.30. The third-order valence-electron chi connectivity index (χ3n) is 5.02. The van der Waals surface area contributed by atoms with Crippen molar-refractivity contribution in [3.63, 3.8) is 0 Å². The molecule has 1 unspecified atom stereocenters. The number of hydrogen-bond acceptors (Lipinski definition) is 7. The van der Waals surface area contributed by atoms with Crippen LogP contribution in [0.4, 0.5) is 36.3 Å². The van der Waals surface area contributed by atoms with Gasteiger partial charge in [0.25, 0.3) is 0 Å². The SMILES string of the molecule is C=CC(=O)Nc1cc(C)ccc1Nc1nc(NC2CCN(S(=O)(=O)C=C)C2)ncc1C(F)(F)F. The van der Waals surface area contributed by atoms with E-state index in [9.17, 15) is 26.4 Å². The topological polar surface area (TPSA) is 116 Å². The number of rotatable bonds is 8. The Kier molecular flexibility index (Phi) is 7.26.